The molecule has 0 amide bonds. The SMILES string of the molecule is COc1ccc(C(=O)C2(N(C)C)CCCC(C)C2)c(F)c1. The lowest BCUT2D eigenvalue weighted by Gasteiger charge is -2.43. The number of carbonyl (C=O) groups excluding carboxylic acids is 1. The van der Waals surface area contributed by atoms with E-state index in [9.17, 15) is 9.18 Å². The molecule has 0 spiro atoms. The van der Waals surface area contributed by atoms with Crippen LogP contribution in [0, 0.1) is 11.7 Å². The van der Waals surface area contributed by atoms with Crippen molar-refractivity contribution in [3.05, 3.63) is 29.6 Å². The summed E-state index contributed by atoms with van der Waals surface area (Å²) >= 11 is 0. The topological polar surface area (TPSA) is 29.5 Å². The maximum atomic E-state index is 14.3. The van der Waals surface area contributed by atoms with E-state index in [1.807, 2.05) is 19.0 Å². The molecule has 1 aliphatic rings. The Balaban J connectivity index is 2.39. The van der Waals surface area contributed by atoms with E-state index in [4.69, 9.17) is 4.74 Å². The van der Waals surface area contributed by atoms with Crippen LogP contribution < -0.4 is 4.74 Å². The molecule has 1 aromatic rings. The molecule has 2 rings (SSSR count). The lowest BCUT2D eigenvalue weighted by Crippen LogP contribution is -2.54. The van der Waals surface area contributed by atoms with Crippen molar-refractivity contribution in [2.75, 3.05) is 21.2 Å². The maximum Gasteiger partial charge on any atom is 0.185 e. The summed E-state index contributed by atoms with van der Waals surface area (Å²) in [6.07, 6.45) is 3.70. The van der Waals surface area contributed by atoms with Gasteiger partial charge >= 0.3 is 0 Å². The molecule has 0 heterocycles. The zero-order chi connectivity index (χ0) is 15.6. The Bertz CT molecular complexity index is 530. The molecule has 3 nitrogen and oxygen atoms in total. The molecule has 21 heavy (non-hydrogen) atoms. The fourth-order valence-electron chi connectivity index (χ4n) is 3.40. The van der Waals surface area contributed by atoms with E-state index in [0.29, 0.717) is 11.7 Å². The normalized spacial score (nSPS) is 25.9. The maximum absolute atomic E-state index is 14.3. The number of ether oxygens (including phenoxy) is 1. The molecule has 1 aromatic carbocycles. The quantitative estimate of drug-likeness (QED) is 0.795. The summed E-state index contributed by atoms with van der Waals surface area (Å²) in [6, 6.07) is 4.47. The predicted molar refractivity (Wildman–Crippen MR) is 81.3 cm³/mol. The highest BCUT2D eigenvalue weighted by Crippen LogP contribution is 2.38. The predicted octanol–water partition coefficient (Wildman–Crippen LogP) is 3.53. The molecular formula is C17H24FNO2. The zero-order valence-corrected chi connectivity index (χ0v) is 13.3. The molecule has 116 valence electrons. The molecule has 2 atom stereocenters. The number of carbonyl (C=O) groups is 1. The molecular weight excluding hydrogens is 269 g/mol. The third kappa shape index (κ3) is 2.95. The van der Waals surface area contributed by atoms with Crippen molar-refractivity contribution in [1.82, 2.24) is 4.90 Å². The Morgan fingerprint density at radius 1 is 1.43 bits per heavy atom. The molecule has 0 radical (unpaired) electrons. The fourth-order valence-corrected chi connectivity index (χ4v) is 3.40. The van der Waals surface area contributed by atoms with Crippen LogP contribution in [0.3, 0.4) is 0 Å². The zero-order valence-electron chi connectivity index (χ0n) is 13.3. The van der Waals surface area contributed by atoms with Crippen LogP contribution in [-0.2, 0) is 0 Å². The van der Waals surface area contributed by atoms with Crippen LogP contribution in [0.4, 0.5) is 4.39 Å². The number of methoxy groups -OCH3 is 1. The third-order valence-electron chi connectivity index (χ3n) is 4.67. The molecule has 0 N–H and O–H groups in total. The van der Waals surface area contributed by atoms with Gasteiger partial charge in [0.15, 0.2) is 5.78 Å². The lowest BCUT2D eigenvalue weighted by atomic mass is 9.71. The van der Waals surface area contributed by atoms with E-state index >= 15 is 0 Å². The Kier molecular flexibility index (Phi) is 4.67. The Labute approximate surface area is 126 Å². The smallest absolute Gasteiger partial charge is 0.185 e. The summed E-state index contributed by atoms with van der Waals surface area (Å²) in [6.45, 7) is 2.16. The molecule has 0 saturated heterocycles. The van der Waals surface area contributed by atoms with Crippen LogP contribution in [0.1, 0.15) is 43.0 Å². The molecule has 0 bridgehead atoms. The summed E-state index contributed by atoms with van der Waals surface area (Å²) in [5.41, 5.74) is -0.425. The molecule has 2 unspecified atom stereocenters. The average molecular weight is 293 g/mol. The highest BCUT2D eigenvalue weighted by atomic mass is 19.1. The van der Waals surface area contributed by atoms with Gasteiger partial charge in [0.25, 0.3) is 0 Å². The number of Topliss-reactive ketones (excluding diaryl/α,β-unsaturated/α-hetero) is 1. The highest BCUT2D eigenvalue weighted by Gasteiger charge is 2.44. The van der Waals surface area contributed by atoms with Gasteiger partial charge in [0.05, 0.1) is 18.2 Å². The van der Waals surface area contributed by atoms with Crippen molar-refractivity contribution in [1.29, 1.82) is 0 Å². The van der Waals surface area contributed by atoms with Crippen LogP contribution in [0.5, 0.6) is 5.75 Å². The van der Waals surface area contributed by atoms with Gasteiger partial charge in [-0.2, -0.15) is 0 Å². The first-order valence-electron chi connectivity index (χ1n) is 7.46. The Morgan fingerprint density at radius 2 is 2.14 bits per heavy atom. The summed E-state index contributed by atoms with van der Waals surface area (Å²) in [5.74, 6) is 0.296. The molecule has 1 fully saturated rings. The molecule has 1 aliphatic carbocycles. The summed E-state index contributed by atoms with van der Waals surface area (Å²) in [4.78, 5) is 15.0. The van der Waals surface area contributed by atoms with Crippen LogP contribution in [0.25, 0.3) is 0 Å². The number of ketones is 1. The molecule has 0 aromatic heterocycles. The molecule has 1 saturated carbocycles. The van der Waals surface area contributed by atoms with E-state index in [1.165, 1.54) is 13.2 Å². The van der Waals surface area contributed by atoms with Gasteiger partial charge in [-0.3, -0.25) is 9.69 Å². The number of benzene rings is 1. The first-order valence-corrected chi connectivity index (χ1v) is 7.46. The summed E-state index contributed by atoms with van der Waals surface area (Å²) in [7, 11) is 5.31. The van der Waals surface area contributed by atoms with Crippen molar-refractivity contribution in [2.24, 2.45) is 5.92 Å². The van der Waals surface area contributed by atoms with Gasteiger partial charge in [-0.25, -0.2) is 4.39 Å². The number of nitrogens with zero attached hydrogens (tertiary/aromatic N) is 1. The van der Waals surface area contributed by atoms with Crippen LogP contribution in [0.15, 0.2) is 18.2 Å². The fraction of sp³-hybridized carbons (Fsp3) is 0.588. The number of hydrogen-bond acceptors (Lipinski definition) is 3. The lowest BCUT2D eigenvalue weighted by molar-refractivity contribution is 0.0482. The minimum Gasteiger partial charge on any atom is -0.497 e. The van der Waals surface area contributed by atoms with Gasteiger partial charge in [0.1, 0.15) is 11.6 Å². The van der Waals surface area contributed by atoms with Gasteiger partial charge in [0, 0.05) is 6.07 Å². The van der Waals surface area contributed by atoms with Crippen molar-refractivity contribution >= 4 is 5.78 Å². The number of halogens is 1. The third-order valence-corrected chi connectivity index (χ3v) is 4.67. The Morgan fingerprint density at radius 3 is 2.67 bits per heavy atom. The van der Waals surface area contributed by atoms with Crippen LogP contribution in [0.2, 0.25) is 0 Å². The van der Waals surface area contributed by atoms with Crippen LogP contribution >= 0.6 is 0 Å². The van der Waals surface area contributed by atoms with Gasteiger partial charge in [-0.05, 0) is 45.0 Å². The van der Waals surface area contributed by atoms with E-state index < -0.39 is 11.4 Å². The second-order valence-corrected chi connectivity index (χ2v) is 6.30. The van der Waals surface area contributed by atoms with Crippen molar-refractivity contribution < 1.29 is 13.9 Å². The first-order chi connectivity index (χ1) is 9.90. The molecule has 4 heteroatoms. The first kappa shape index (κ1) is 16.0. The van der Waals surface area contributed by atoms with E-state index in [1.54, 1.807) is 12.1 Å². The van der Waals surface area contributed by atoms with Gasteiger partial charge < -0.3 is 4.74 Å². The van der Waals surface area contributed by atoms with Crippen LogP contribution in [-0.4, -0.2) is 37.4 Å². The highest BCUT2D eigenvalue weighted by molar-refractivity contribution is 6.03. The summed E-state index contributed by atoms with van der Waals surface area (Å²) < 4.78 is 19.3. The number of rotatable bonds is 4. The van der Waals surface area contributed by atoms with Crippen molar-refractivity contribution in [3.8, 4) is 5.75 Å². The minimum atomic E-state index is -0.590. The van der Waals surface area contributed by atoms with Gasteiger partial charge in [0.2, 0.25) is 0 Å². The van der Waals surface area contributed by atoms with Gasteiger partial charge in [-0.15, -0.1) is 0 Å². The average Bonchev–Trinajstić information content (AvgIpc) is 2.46. The second-order valence-electron chi connectivity index (χ2n) is 6.30. The van der Waals surface area contributed by atoms with Gasteiger partial charge in [-0.1, -0.05) is 19.8 Å². The van der Waals surface area contributed by atoms with E-state index in [0.717, 1.165) is 25.7 Å². The van der Waals surface area contributed by atoms with E-state index in [-0.39, 0.29) is 11.3 Å². The minimum absolute atomic E-state index is 0.112. The largest absolute Gasteiger partial charge is 0.497 e. The Hall–Kier alpha value is -1.42. The van der Waals surface area contributed by atoms with E-state index in [2.05, 4.69) is 6.92 Å². The number of hydrogen-bond donors (Lipinski definition) is 0. The number of likely N-dealkylation sites (N-methyl/N-ethyl adjacent to an activating group) is 1. The summed E-state index contributed by atoms with van der Waals surface area (Å²) in [5, 5.41) is 0. The standard InChI is InChI=1S/C17H24FNO2/c1-12-6-5-9-17(11-12,19(2)3)16(20)14-8-7-13(21-4)10-15(14)18/h7-8,10,12H,5-6,9,11H2,1-4H3. The van der Waals surface area contributed by atoms with Crippen molar-refractivity contribution in [3.63, 3.8) is 0 Å². The molecule has 0 aliphatic heterocycles. The monoisotopic (exact) mass is 293 g/mol. The second kappa shape index (κ2) is 6.14. The van der Waals surface area contributed by atoms with Crippen molar-refractivity contribution in [2.45, 2.75) is 38.1 Å².